The maximum Gasteiger partial charge on any atom is 0.242 e. The van der Waals surface area contributed by atoms with E-state index in [0.29, 0.717) is 6.42 Å². The number of carbonyl (C=O) groups is 3. The molecule has 0 heterocycles. The van der Waals surface area contributed by atoms with Crippen molar-refractivity contribution in [3.8, 4) is 0 Å². The van der Waals surface area contributed by atoms with Crippen molar-refractivity contribution in [2.75, 3.05) is 20.6 Å². The van der Waals surface area contributed by atoms with E-state index in [2.05, 4.69) is 33.9 Å². The highest BCUT2D eigenvalue weighted by atomic mass is 28.4. The van der Waals surface area contributed by atoms with Crippen LogP contribution >= 0.6 is 0 Å². The molecule has 7 nitrogen and oxygen atoms in total. The fraction of sp³-hybridized carbons (Fsp3) is 0.850. The highest BCUT2D eigenvalue weighted by Gasteiger charge is 2.38. The van der Waals surface area contributed by atoms with Crippen molar-refractivity contribution in [3.63, 3.8) is 0 Å². The van der Waals surface area contributed by atoms with Crippen molar-refractivity contribution in [2.45, 2.75) is 84.7 Å². The molecule has 0 saturated carbocycles. The lowest BCUT2D eigenvalue weighted by Gasteiger charge is -2.38. The molecule has 0 bridgehead atoms. The maximum atomic E-state index is 12.5. The summed E-state index contributed by atoms with van der Waals surface area (Å²) in [4.78, 5) is 39.5. The Labute approximate surface area is 172 Å². The lowest BCUT2D eigenvalue weighted by Crippen LogP contribution is -2.50. The van der Waals surface area contributed by atoms with Crippen LogP contribution < -0.4 is 5.73 Å². The predicted octanol–water partition coefficient (Wildman–Crippen LogP) is 2.60. The van der Waals surface area contributed by atoms with Gasteiger partial charge in [0.25, 0.3) is 0 Å². The summed E-state index contributed by atoms with van der Waals surface area (Å²) >= 11 is 0. The van der Waals surface area contributed by atoms with Crippen molar-refractivity contribution in [1.82, 2.24) is 9.80 Å². The molecular formula is C20H41N3O4Si. The van der Waals surface area contributed by atoms with Gasteiger partial charge in [0.1, 0.15) is 6.04 Å². The van der Waals surface area contributed by atoms with E-state index in [1.807, 2.05) is 20.8 Å². The smallest absolute Gasteiger partial charge is 0.242 e. The molecule has 0 unspecified atom stereocenters. The van der Waals surface area contributed by atoms with Crippen molar-refractivity contribution in [3.05, 3.63) is 0 Å². The number of hydrogen-bond donors (Lipinski definition) is 1. The summed E-state index contributed by atoms with van der Waals surface area (Å²) in [6.07, 6.45) is 0.487. The van der Waals surface area contributed by atoms with Crippen LogP contribution in [-0.4, -0.2) is 68.6 Å². The fourth-order valence-electron chi connectivity index (χ4n) is 2.61. The predicted molar refractivity (Wildman–Crippen MR) is 115 cm³/mol. The minimum Gasteiger partial charge on any atom is -0.414 e. The van der Waals surface area contributed by atoms with Gasteiger partial charge in [-0.25, -0.2) is 0 Å². The molecule has 0 aromatic rings. The Balaban J connectivity index is 4.84. The average molecular weight is 416 g/mol. The van der Waals surface area contributed by atoms with Gasteiger partial charge in [0.2, 0.25) is 17.7 Å². The summed E-state index contributed by atoms with van der Waals surface area (Å²) in [5.74, 6) is -0.777. The first-order valence-corrected chi connectivity index (χ1v) is 12.9. The van der Waals surface area contributed by atoms with E-state index in [-0.39, 0.29) is 41.8 Å². The summed E-state index contributed by atoms with van der Waals surface area (Å²) in [6.45, 7) is 16.5. The first-order chi connectivity index (χ1) is 12.5. The van der Waals surface area contributed by atoms with Crippen molar-refractivity contribution < 1.29 is 18.8 Å². The summed E-state index contributed by atoms with van der Waals surface area (Å²) in [6, 6.07) is -0.670. The van der Waals surface area contributed by atoms with Gasteiger partial charge in [-0.2, -0.15) is 0 Å². The van der Waals surface area contributed by atoms with Gasteiger partial charge >= 0.3 is 0 Å². The molecule has 8 heteroatoms. The number of nitrogens with zero attached hydrogens (tertiary/aromatic N) is 2. The Morgan fingerprint density at radius 1 is 1.04 bits per heavy atom. The van der Waals surface area contributed by atoms with Crippen LogP contribution in [0, 0.1) is 5.92 Å². The number of amides is 3. The Kier molecular flexibility index (Phi) is 9.86. The highest BCUT2D eigenvalue weighted by molar-refractivity contribution is 6.74. The van der Waals surface area contributed by atoms with Crippen molar-refractivity contribution >= 4 is 26.0 Å². The van der Waals surface area contributed by atoms with Gasteiger partial charge in [-0.15, -0.1) is 0 Å². The van der Waals surface area contributed by atoms with E-state index >= 15 is 0 Å². The summed E-state index contributed by atoms with van der Waals surface area (Å²) in [7, 11) is 1.19. The number of nitrogens with two attached hydrogens (primary N) is 1. The monoisotopic (exact) mass is 415 g/mol. The number of primary amides is 1. The van der Waals surface area contributed by atoms with Crippen LogP contribution in [0.2, 0.25) is 18.1 Å². The first-order valence-electron chi connectivity index (χ1n) is 9.96. The molecule has 2 N–H and O–H groups in total. The number of carbonyl (C=O) groups excluding carboxylic acids is 3. The summed E-state index contributed by atoms with van der Waals surface area (Å²) < 4.78 is 6.22. The van der Waals surface area contributed by atoms with E-state index in [4.69, 9.17) is 10.2 Å². The van der Waals surface area contributed by atoms with E-state index in [1.165, 1.54) is 9.80 Å². The minimum absolute atomic E-state index is 0.0646. The second kappa shape index (κ2) is 10.4. The van der Waals surface area contributed by atoms with Gasteiger partial charge in [-0.3, -0.25) is 14.4 Å². The van der Waals surface area contributed by atoms with Crippen LogP contribution in [0.1, 0.15) is 54.4 Å². The molecule has 0 saturated heterocycles. The fourth-order valence-corrected chi connectivity index (χ4v) is 4.05. The second-order valence-electron chi connectivity index (χ2n) is 9.70. The topological polar surface area (TPSA) is 92.9 Å². The minimum atomic E-state index is -1.96. The molecule has 0 aromatic carbocycles. The molecule has 0 fully saturated rings. The van der Waals surface area contributed by atoms with E-state index in [1.54, 1.807) is 14.1 Å². The SMILES string of the molecule is CC(C)C[C@@H](C(N)=O)N(C)C(=O)CN(C)C(=O)C[C@@H](C)O[Si](C)(C)C(C)(C)C. The Morgan fingerprint density at radius 2 is 1.54 bits per heavy atom. The van der Waals surface area contributed by atoms with E-state index < -0.39 is 20.3 Å². The first kappa shape index (κ1) is 26.6. The van der Waals surface area contributed by atoms with Crippen LogP contribution in [0.5, 0.6) is 0 Å². The van der Waals surface area contributed by atoms with E-state index in [9.17, 15) is 14.4 Å². The number of likely N-dealkylation sites (N-methyl/N-ethyl adjacent to an activating group) is 2. The molecule has 0 radical (unpaired) electrons. The lowest BCUT2D eigenvalue weighted by atomic mass is 10.0. The van der Waals surface area contributed by atoms with Gasteiger partial charge in [-0.05, 0) is 37.4 Å². The largest absolute Gasteiger partial charge is 0.414 e. The molecule has 164 valence electrons. The lowest BCUT2D eigenvalue weighted by molar-refractivity contribution is -0.143. The molecule has 28 heavy (non-hydrogen) atoms. The standard InChI is InChI=1S/C20H41N3O4Si/c1-14(2)11-16(19(21)26)23(8)18(25)13-22(7)17(24)12-15(3)27-28(9,10)20(4,5)6/h14-16H,11-13H2,1-10H3,(H2,21,26)/t15-,16+/m1/s1. The van der Waals surface area contributed by atoms with Gasteiger partial charge in [0, 0.05) is 14.1 Å². The number of hydrogen-bond acceptors (Lipinski definition) is 4. The normalized spacial score (nSPS) is 14.5. The molecule has 0 aliphatic rings. The van der Waals surface area contributed by atoms with Gasteiger partial charge in [0.15, 0.2) is 8.32 Å². The van der Waals surface area contributed by atoms with Crippen molar-refractivity contribution in [2.24, 2.45) is 11.7 Å². The maximum absolute atomic E-state index is 12.5. The van der Waals surface area contributed by atoms with Crippen LogP contribution in [-0.2, 0) is 18.8 Å². The van der Waals surface area contributed by atoms with Crippen LogP contribution in [0.25, 0.3) is 0 Å². The molecule has 2 atom stereocenters. The average Bonchev–Trinajstić information content (AvgIpc) is 2.49. The zero-order valence-electron chi connectivity index (χ0n) is 19.5. The van der Waals surface area contributed by atoms with Crippen molar-refractivity contribution in [1.29, 1.82) is 0 Å². The third-order valence-corrected chi connectivity index (χ3v) is 10.1. The quantitative estimate of drug-likeness (QED) is 0.555. The highest BCUT2D eigenvalue weighted by Crippen LogP contribution is 2.37. The van der Waals surface area contributed by atoms with Gasteiger partial charge < -0.3 is 20.0 Å². The number of rotatable bonds is 10. The molecule has 0 rings (SSSR count). The van der Waals surface area contributed by atoms with E-state index in [0.717, 1.165) is 0 Å². The Hall–Kier alpha value is -1.41. The van der Waals surface area contributed by atoms with Crippen LogP contribution in [0.15, 0.2) is 0 Å². The van der Waals surface area contributed by atoms with Crippen LogP contribution in [0.4, 0.5) is 0 Å². The zero-order chi connectivity index (χ0) is 22.4. The second-order valence-corrected chi connectivity index (χ2v) is 14.5. The molecular weight excluding hydrogens is 374 g/mol. The Morgan fingerprint density at radius 3 is 1.93 bits per heavy atom. The Bertz CT molecular complexity index is 558. The molecule has 0 aliphatic carbocycles. The molecule has 0 aliphatic heterocycles. The van der Waals surface area contributed by atoms with Gasteiger partial charge in [0.05, 0.1) is 19.1 Å². The third-order valence-electron chi connectivity index (χ3n) is 5.45. The summed E-state index contributed by atoms with van der Waals surface area (Å²) in [5.41, 5.74) is 5.45. The van der Waals surface area contributed by atoms with Gasteiger partial charge in [-0.1, -0.05) is 34.6 Å². The van der Waals surface area contributed by atoms with Crippen LogP contribution in [0.3, 0.4) is 0 Å². The zero-order valence-corrected chi connectivity index (χ0v) is 20.5. The molecule has 3 amide bonds. The summed E-state index contributed by atoms with van der Waals surface area (Å²) in [5, 5.41) is 0.0646. The third kappa shape index (κ3) is 8.30. The molecule has 0 aromatic heterocycles. The molecule has 0 spiro atoms.